The molecule has 15 heavy (non-hydrogen) atoms. The van der Waals surface area contributed by atoms with Crippen LogP contribution < -0.4 is 5.43 Å². The number of hydrogen-bond donors (Lipinski definition) is 0. The van der Waals surface area contributed by atoms with Gasteiger partial charge in [-0.2, -0.15) is 0 Å². The van der Waals surface area contributed by atoms with E-state index in [4.69, 9.17) is 11.6 Å². The summed E-state index contributed by atoms with van der Waals surface area (Å²) in [5.74, 6) is 0. The highest BCUT2D eigenvalue weighted by atomic mass is 35.5. The molecular weight excluding hydrogens is 212 g/mol. The van der Waals surface area contributed by atoms with Crippen LogP contribution in [0.3, 0.4) is 0 Å². The molecule has 2 aromatic rings. The number of halogens is 1. The van der Waals surface area contributed by atoms with E-state index in [0.29, 0.717) is 11.6 Å². The predicted molar refractivity (Wildman–Crippen MR) is 59.1 cm³/mol. The molecule has 3 nitrogen and oxygen atoms in total. The average Bonchev–Trinajstić information content (AvgIpc) is 2.22. The summed E-state index contributed by atoms with van der Waals surface area (Å²) in [5, 5.41) is 0.668. The third-order valence-electron chi connectivity index (χ3n) is 1.98. The average molecular weight is 221 g/mol. The van der Waals surface area contributed by atoms with E-state index in [1.54, 1.807) is 30.7 Å². The second-order valence-corrected chi connectivity index (χ2v) is 3.61. The van der Waals surface area contributed by atoms with Crippen LogP contribution in [-0.4, -0.2) is 9.55 Å². The van der Waals surface area contributed by atoms with Crippen LogP contribution in [0.5, 0.6) is 0 Å². The van der Waals surface area contributed by atoms with Gasteiger partial charge in [0, 0.05) is 35.7 Å². The van der Waals surface area contributed by atoms with Gasteiger partial charge in [0.15, 0.2) is 5.43 Å². The molecule has 0 saturated carbocycles. The van der Waals surface area contributed by atoms with Gasteiger partial charge < -0.3 is 4.57 Å². The molecule has 2 rings (SSSR count). The van der Waals surface area contributed by atoms with E-state index in [-0.39, 0.29) is 5.43 Å². The fourth-order valence-electron chi connectivity index (χ4n) is 1.27. The van der Waals surface area contributed by atoms with Gasteiger partial charge in [-0.05, 0) is 12.1 Å². The van der Waals surface area contributed by atoms with Crippen molar-refractivity contribution >= 4 is 11.6 Å². The van der Waals surface area contributed by atoms with Gasteiger partial charge in [-0.25, -0.2) is 0 Å². The van der Waals surface area contributed by atoms with Gasteiger partial charge in [-0.15, -0.1) is 0 Å². The van der Waals surface area contributed by atoms with Crippen LogP contribution in [0.15, 0.2) is 47.7 Å². The van der Waals surface area contributed by atoms with Crippen molar-refractivity contribution in [3.8, 4) is 0 Å². The van der Waals surface area contributed by atoms with Crippen molar-refractivity contribution in [3.05, 3.63) is 63.8 Å². The first kappa shape index (κ1) is 9.93. The minimum absolute atomic E-state index is 0.00491. The molecule has 0 N–H and O–H groups in total. The number of nitrogens with zero attached hydrogens (tertiary/aromatic N) is 2. The van der Waals surface area contributed by atoms with Gasteiger partial charge in [-0.3, -0.25) is 9.78 Å². The SMILES string of the molecule is O=c1ccn(Cc2cc(Cl)ccn2)cc1. The Hall–Kier alpha value is -1.61. The van der Waals surface area contributed by atoms with E-state index in [2.05, 4.69) is 4.98 Å². The van der Waals surface area contributed by atoms with Crippen molar-refractivity contribution < 1.29 is 0 Å². The van der Waals surface area contributed by atoms with Crippen molar-refractivity contribution in [2.75, 3.05) is 0 Å². The van der Waals surface area contributed by atoms with E-state index < -0.39 is 0 Å². The van der Waals surface area contributed by atoms with Crippen molar-refractivity contribution in [3.63, 3.8) is 0 Å². The molecule has 0 bridgehead atoms. The maximum absolute atomic E-state index is 10.9. The maximum atomic E-state index is 10.9. The third-order valence-corrected chi connectivity index (χ3v) is 2.22. The Balaban J connectivity index is 2.22. The minimum atomic E-state index is 0.00491. The zero-order valence-corrected chi connectivity index (χ0v) is 8.69. The summed E-state index contributed by atoms with van der Waals surface area (Å²) < 4.78 is 1.88. The Labute approximate surface area is 92.0 Å². The van der Waals surface area contributed by atoms with E-state index >= 15 is 0 Å². The minimum Gasteiger partial charge on any atom is -0.348 e. The largest absolute Gasteiger partial charge is 0.348 e. The molecule has 76 valence electrons. The van der Waals surface area contributed by atoms with Gasteiger partial charge in [0.25, 0.3) is 0 Å². The molecule has 0 aliphatic heterocycles. The number of rotatable bonds is 2. The summed E-state index contributed by atoms with van der Waals surface area (Å²) in [5.41, 5.74) is 0.872. The summed E-state index contributed by atoms with van der Waals surface area (Å²) >= 11 is 5.84. The van der Waals surface area contributed by atoms with Crippen LogP contribution in [0.1, 0.15) is 5.69 Å². The maximum Gasteiger partial charge on any atom is 0.181 e. The van der Waals surface area contributed by atoms with Crippen molar-refractivity contribution in [1.29, 1.82) is 0 Å². The monoisotopic (exact) mass is 220 g/mol. The first-order chi connectivity index (χ1) is 7.24. The molecule has 0 aromatic carbocycles. The lowest BCUT2D eigenvalue weighted by Gasteiger charge is -2.04. The standard InChI is InChI=1S/C11H9ClN2O/c12-9-1-4-13-10(7-9)8-14-5-2-11(15)3-6-14/h1-7H,8H2. The summed E-state index contributed by atoms with van der Waals surface area (Å²) in [6.07, 6.45) is 5.12. The van der Waals surface area contributed by atoms with Gasteiger partial charge in [0.05, 0.1) is 12.2 Å². The van der Waals surface area contributed by atoms with Gasteiger partial charge >= 0.3 is 0 Å². The van der Waals surface area contributed by atoms with Crippen LogP contribution in [0, 0.1) is 0 Å². The second kappa shape index (κ2) is 4.28. The number of aromatic nitrogens is 2. The van der Waals surface area contributed by atoms with Crippen molar-refractivity contribution in [2.45, 2.75) is 6.54 Å². The molecule has 4 heteroatoms. The van der Waals surface area contributed by atoms with Gasteiger partial charge in [-0.1, -0.05) is 11.6 Å². The Morgan fingerprint density at radius 1 is 1.27 bits per heavy atom. The fourth-order valence-corrected chi connectivity index (χ4v) is 1.45. The molecule has 2 heterocycles. The molecule has 0 atom stereocenters. The highest BCUT2D eigenvalue weighted by molar-refractivity contribution is 6.30. The smallest absolute Gasteiger partial charge is 0.181 e. The summed E-state index contributed by atoms with van der Waals surface area (Å²) in [7, 11) is 0. The van der Waals surface area contributed by atoms with Crippen LogP contribution in [0.2, 0.25) is 5.02 Å². The quantitative estimate of drug-likeness (QED) is 0.776. The van der Waals surface area contributed by atoms with Gasteiger partial charge in [0.1, 0.15) is 0 Å². The van der Waals surface area contributed by atoms with Crippen LogP contribution in [0.4, 0.5) is 0 Å². The van der Waals surface area contributed by atoms with Crippen LogP contribution >= 0.6 is 11.6 Å². The lowest BCUT2D eigenvalue weighted by molar-refractivity contribution is 0.766. The Morgan fingerprint density at radius 3 is 2.67 bits per heavy atom. The van der Waals surface area contributed by atoms with Gasteiger partial charge in [0.2, 0.25) is 0 Å². The molecule has 0 spiro atoms. The predicted octanol–water partition coefficient (Wildman–Crippen LogP) is 1.95. The van der Waals surface area contributed by atoms with E-state index in [1.807, 2.05) is 4.57 Å². The lowest BCUT2D eigenvalue weighted by atomic mass is 10.3. The molecule has 0 aliphatic rings. The Kier molecular flexibility index (Phi) is 2.83. The molecule has 0 aliphatic carbocycles. The molecule has 0 unspecified atom stereocenters. The number of hydrogen-bond acceptors (Lipinski definition) is 2. The van der Waals surface area contributed by atoms with Crippen LogP contribution in [0.25, 0.3) is 0 Å². The molecule has 0 fully saturated rings. The van der Waals surface area contributed by atoms with Crippen molar-refractivity contribution in [2.24, 2.45) is 0 Å². The Morgan fingerprint density at radius 2 is 2.00 bits per heavy atom. The summed E-state index contributed by atoms with van der Waals surface area (Å²) in [6.45, 7) is 0.612. The highest BCUT2D eigenvalue weighted by Crippen LogP contribution is 2.08. The fraction of sp³-hybridized carbons (Fsp3) is 0.0909. The Bertz CT molecular complexity index is 501. The molecule has 0 saturated heterocycles. The molecule has 0 amide bonds. The topological polar surface area (TPSA) is 34.9 Å². The molecule has 2 aromatic heterocycles. The van der Waals surface area contributed by atoms with E-state index in [1.165, 1.54) is 12.1 Å². The lowest BCUT2D eigenvalue weighted by Crippen LogP contribution is -2.05. The number of pyridine rings is 2. The first-order valence-corrected chi connectivity index (χ1v) is 4.88. The van der Waals surface area contributed by atoms with E-state index in [0.717, 1.165) is 5.69 Å². The first-order valence-electron chi connectivity index (χ1n) is 4.50. The third kappa shape index (κ3) is 2.67. The molecular formula is C11H9ClN2O. The zero-order valence-electron chi connectivity index (χ0n) is 7.93. The second-order valence-electron chi connectivity index (χ2n) is 3.17. The zero-order chi connectivity index (χ0) is 10.7. The van der Waals surface area contributed by atoms with E-state index in [9.17, 15) is 4.79 Å². The summed E-state index contributed by atoms with van der Waals surface area (Å²) in [4.78, 5) is 15.1. The van der Waals surface area contributed by atoms with Crippen molar-refractivity contribution in [1.82, 2.24) is 9.55 Å². The van der Waals surface area contributed by atoms with Crippen LogP contribution in [-0.2, 0) is 6.54 Å². The normalized spacial score (nSPS) is 10.2. The molecule has 0 radical (unpaired) electrons. The summed E-state index contributed by atoms with van der Waals surface area (Å²) in [6, 6.07) is 6.57. The highest BCUT2D eigenvalue weighted by Gasteiger charge is 1.96.